The molecule has 0 saturated carbocycles. The zero-order chi connectivity index (χ0) is 14.4. The number of H-pyrrole nitrogens is 1. The number of aromatic amines is 1. The van der Waals surface area contributed by atoms with Crippen LogP contribution in [0.2, 0.25) is 0 Å². The summed E-state index contributed by atoms with van der Waals surface area (Å²) in [5.41, 5.74) is 7.48. The molecule has 0 fully saturated rings. The van der Waals surface area contributed by atoms with Gasteiger partial charge in [0.2, 0.25) is 11.8 Å². The Balaban J connectivity index is 2.29. The molecule has 7 heteroatoms. The van der Waals surface area contributed by atoms with Crippen molar-refractivity contribution in [2.24, 2.45) is 11.7 Å². The molecular formula is C12H21N5O2. The Kier molecular flexibility index (Phi) is 5.50. The zero-order valence-corrected chi connectivity index (χ0v) is 11.5. The highest BCUT2D eigenvalue weighted by molar-refractivity contribution is 5.87. The predicted octanol–water partition coefficient (Wildman–Crippen LogP) is -0.566. The van der Waals surface area contributed by atoms with Gasteiger partial charge in [0.15, 0.2) is 0 Å². The summed E-state index contributed by atoms with van der Waals surface area (Å²) in [6.45, 7) is 5.89. The molecule has 19 heavy (non-hydrogen) atoms. The molecule has 0 spiro atoms. The van der Waals surface area contributed by atoms with Crippen LogP contribution in [0.25, 0.3) is 0 Å². The fourth-order valence-corrected chi connectivity index (χ4v) is 1.40. The third kappa shape index (κ3) is 4.70. The van der Waals surface area contributed by atoms with Crippen LogP contribution in [0.3, 0.4) is 0 Å². The van der Waals surface area contributed by atoms with Crippen LogP contribution in [0.15, 0.2) is 6.20 Å². The van der Waals surface area contributed by atoms with Crippen molar-refractivity contribution in [2.75, 3.05) is 6.54 Å². The van der Waals surface area contributed by atoms with E-state index in [1.807, 2.05) is 20.8 Å². The zero-order valence-electron chi connectivity index (χ0n) is 11.5. The van der Waals surface area contributed by atoms with Gasteiger partial charge in [-0.05, 0) is 12.8 Å². The van der Waals surface area contributed by atoms with Crippen molar-refractivity contribution in [2.45, 2.75) is 33.4 Å². The van der Waals surface area contributed by atoms with E-state index in [0.29, 0.717) is 6.54 Å². The number of nitrogens with zero attached hydrogens (tertiary/aromatic N) is 1. The average Bonchev–Trinajstić information content (AvgIpc) is 2.77. The summed E-state index contributed by atoms with van der Waals surface area (Å²) in [6.07, 6.45) is 1.66. The van der Waals surface area contributed by atoms with Gasteiger partial charge in [-0.25, -0.2) is 0 Å². The SMILES string of the molecule is Cc1[nH]ncc1CNC(=O)CNC(=O)[C@@H](N)C(C)C. The molecule has 2 amide bonds. The molecule has 0 unspecified atom stereocenters. The third-order valence-electron chi connectivity index (χ3n) is 2.85. The first-order chi connectivity index (χ1) is 8.91. The van der Waals surface area contributed by atoms with Gasteiger partial charge in [0.25, 0.3) is 0 Å². The van der Waals surface area contributed by atoms with Crippen molar-refractivity contribution in [3.05, 3.63) is 17.5 Å². The van der Waals surface area contributed by atoms with Gasteiger partial charge in [0.1, 0.15) is 0 Å². The van der Waals surface area contributed by atoms with E-state index in [0.717, 1.165) is 11.3 Å². The molecule has 1 rings (SSSR count). The molecule has 0 aliphatic heterocycles. The second-order valence-corrected chi connectivity index (χ2v) is 4.78. The minimum absolute atomic E-state index is 0.0386. The summed E-state index contributed by atoms with van der Waals surface area (Å²) >= 11 is 0. The van der Waals surface area contributed by atoms with Crippen LogP contribution < -0.4 is 16.4 Å². The van der Waals surface area contributed by atoms with Crippen molar-refractivity contribution in [1.29, 1.82) is 0 Å². The number of hydrogen-bond acceptors (Lipinski definition) is 4. The Morgan fingerprint density at radius 3 is 2.63 bits per heavy atom. The molecule has 5 N–H and O–H groups in total. The first kappa shape index (κ1) is 15.2. The molecule has 0 aliphatic carbocycles. The van der Waals surface area contributed by atoms with E-state index in [2.05, 4.69) is 20.8 Å². The van der Waals surface area contributed by atoms with Crippen LogP contribution in [0, 0.1) is 12.8 Å². The molecule has 1 heterocycles. The van der Waals surface area contributed by atoms with E-state index in [1.54, 1.807) is 6.20 Å². The summed E-state index contributed by atoms with van der Waals surface area (Å²) in [5.74, 6) is -0.536. The lowest BCUT2D eigenvalue weighted by Crippen LogP contribution is -2.47. The van der Waals surface area contributed by atoms with Crippen molar-refractivity contribution in [1.82, 2.24) is 20.8 Å². The van der Waals surface area contributed by atoms with Gasteiger partial charge >= 0.3 is 0 Å². The molecule has 1 aromatic rings. The van der Waals surface area contributed by atoms with Crippen molar-refractivity contribution in [3.63, 3.8) is 0 Å². The summed E-state index contributed by atoms with van der Waals surface area (Å²) in [5, 5.41) is 11.8. The molecule has 1 atom stereocenters. The first-order valence-electron chi connectivity index (χ1n) is 6.20. The minimum atomic E-state index is -0.594. The lowest BCUT2D eigenvalue weighted by Gasteiger charge is -2.15. The fraction of sp³-hybridized carbons (Fsp3) is 0.583. The minimum Gasteiger partial charge on any atom is -0.350 e. The number of nitrogens with two attached hydrogens (primary N) is 1. The summed E-state index contributed by atoms with van der Waals surface area (Å²) in [7, 11) is 0. The maximum absolute atomic E-state index is 11.5. The Labute approximate surface area is 112 Å². The number of aryl methyl sites for hydroxylation is 1. The standard InChI is InChI=1S/C12H21N5O2/c1-7(2)11(13)12(19)15-6-10(18)14-4-9-5-16-17-8(9)3/h5,7,11H,4,6,13H2,1-3H3,(H,14,18)(H,15,19)(H,16,17)/t11-/m0/s1. The highest BCUT2D eigenvalue weighted by Gasteiger charge is 2.17. The van der Waals surface area contributed by atoms with E-state index in [1.165, 1.54) is 0 Å². The molecule has 7 nitrogen and oxygen atoms in total. The van der Waals surface area contributed by atoms with Gasteiger partial charge in [-0.15, -0.1) is 0 Å². The van der Waals surface area contributed by atoms with Crippen LogP contribution in [0.1, 0.15) is 25.1 Å². The summed E-state index contributed by atoms with van der Waals surface area (Å²) in [6, 6.07) is -0.594. The van der Waals surface area contributed by atoms with Crippen LogP contribution in [0.5, 0.6) is 0 Å². The molecule has 0 aromatic carbocycles. The number of carbonyl (C=O) groups is 2. The quantitative estimate of drug-likeness (QED) is 0.553. The highest BCUT2D eigenvalue weighted by Crippen LogP contribution is 2.01. The van der Waals surface area contributed by atoms with Gasteiger partial charge in [-0.1, -0.05) is 13.8 Å². The number of aromatic nitrogens is 2. The molecule has 1 aromatic heterocycles. The molecule has 106 valence electrons. The topological polar surface area (TPSA) is 113 Å². The normalized spacial score (nSPS) is 12.3. The van der Waals surface area contributed by atoms with Crippen molar-refractivity contribution < 1.29 is 9.59 Å². The van der Waals surface area contributed by atoms with E-state index in [9.17, 15) is 9.59 Å². The lowest BCUT2D eigenvalue weighted by molar-refractivity contribution is -0.127. The molecule has 0 radical (unpaired) electrons. The number of carbonyl (C=O) groups excluding carboxylic acids is 2. The Morgan fingerprint density at radius 2 is 2.11 bits per heavy atom. The fourth-order valence-electron chi connectivity index (χ4n) is 1.40. The van der Waals surface area contributed by atoms with E-state index in [-0.39, 0.29) is 24.3 Å². The lowest BCUT2D eigenvalue weighted by atomic mass is 10.1. The number of nitrogens with one attached hydrogen (secondary N) is 3. The van der Waals surface area contributed by atoms with E-state index in [4.69, 9.17) is 5.73 Å². The predicted molar refractivity (Wildman–Crippen MR) is 71.0 cm³/mol. The van der Waals surface area contributed by atoms with Crippen LogP contribution in [-0.4, -0.2) is 34.6 Å². The van der Waals surface area contributed by atoms with Crippen molar-refractivity contribution in [3.8, 4) is 0 Å². The highest BCUT2D eigenvalue weighted by atomic mass is 16.2. The Morgan fingerprint density at radius 1 is 1.42 bits per heavy atom. The van der Waals surface area contributed by atoms with Crippen molar-refractivity contribution >= 4 is 11.8 Å². The van der Waals surface area contributed by atoms with Gasteiger partial charge in [-0.3, -0.25) is 14.7 Å². The number of hydrogen-bond donors (Lipinski definition) is 4. The molecule has 0 saturated heterocycles. The van der Waals surface area contributed by atoms with Gasteiger partial charge in [-0.2, -0.15) is 5.10 Å². The third-order valence-corrected chi connectivity index (χ3v) is 2.85. The smallest absolute Gasteiger partial charge is 0.239 e. The van der Waals surface area contributed by atoms with Gasteiger partial charge in [0.05, 0.1) is 18.8 Å². The average molecular weight is 267 g/mol. The summed E-state index contributed by atoms with van der Waals surface area (Å²) in [4.78, 5) is 23.1. The van der Waals surface area contributed by atoms with Gasteiger partial charge in [0, 0.05) is 17.8 Å². The molecular weight excluding hydrogens is 246 g/mol. The number of rotatable bonds is 6. The largest absolute Gasteiger partial charge is 0.350 e. The second-order valence-electron chi connectivity index (χ2n) is 4.78. The first-order valence-corrected chi connectivity index (χ1v) is 6.20. The van der Waals surface area contributed by atoms with Crippen LogP contribution in [0.4, 0.5) is 0 Å². The van der Waals surface area contributed by atoms with E-state index >= 15 is 0 Å². The van der Waals surface area contributed by atoms with Gasteiger partial charge < -0.3 is 16.4 Å². The molecule has 0 aliphatic rings. The summed E-state index contributed by atoms with van der Waals surface area (Å²) < 4.78 is 0. The van der Waals surface area contributed by atoms with Crippen LogP contribution >= 0.6 is 0 Å². The Hall–Kier alpha value is -1.89. The maximum Gasteiger partial charge on any atom is 0.239 e. The second kappa shape index (κ2) is 6.89. The molecule has 0 bridgehead atoms. The maximum atomic E-state index is 11.5. The number of amides is 2. The van der Waals surface area contributed by atoms with E-state index < -0.39 is 6.04 Å². The Bertz CT molecular complexity index is 441. The van der Waals surface area contributed by atoms with Crippen LogP contribution in [-0.2, 0) is 16.1 Å². The monoisotopic (exact) mass is 267 g/mol.